The maximum atomic E-state index is 13.0. The van der Waals surface area contributed by atoms with E-state index in [1.807, 2.05) is 0 Å². The Morgan fingerprint density at radius 2 is 1.86 bits per heavy atom. The monoisotopic (exact) mass is 409 g/mol. The number of hydrogen-bond acceptors (Lipinski definition) is 5. The quantitative estimate of drug-likeness (QED) is 0.543. The summed E-state index contributed by atoms with van der Waals surface area (Å²) in [5.74, 6) is -2.28. The number of Topliss-reactive ketones (excluding diaryl/α,β-unsaturated/α-hetero) is 1. The highest BCUT2D eigenvalue weighted by Crippen LogP contribution is 2.44. The van der Waals surface area contributed by atoms with Crippen molar-refractivity contribution in [2.24, 2.45) is 10.9 Å². The van der Waals surface area contributed by atoms with Crippen LogP contribution in [0, 0.1) is 5.92 Å². The van der Waals surface area contributed by atoms with E-state index in [0.29, 0.717) is 41.8 Å². The Morgan fingerprint density at radius 3 is 2.48 bits per heavy atom. The number of allylic oxidation sites excluding steroid dienone is 2. The molecule has 1 aromatic carbocycles. The second-order valence-electron chi connectivity index (χ2n) is 7.13. The molecule has 0 saturated carbocycles. The van der Waals surface area contributed by atoms with E-state index in [1.54, 1.807) is 6.92 Å². The summed E-state index contributed by atoms with van der Waals surface area (Å²) in [6, 6.07) is 4.59. The van der Waals surface area contributed by atoms with Crippen molar-refractivity contribution in [3.05, 3.63) is 46.7 Å². The van der Waals surface area contributed by atoms with Crippen molar-refractivity contribution < 1.29 is 32.2 Å². The molecule has 1 aliphatic heterocycles. The molecular weight excluding hydrogens is 387 g/mol. The molecule has 8 heteroatoms. The summed E-state index contributed by atoms with van der Waals surface area (Å²) in [6.45, 7) is 1.94. The Hall–Kier alpha value is -2.48. The predicted octanol–water partition coefficient (Wildman–Crippen LogP) is 4.08. The number of aliphatic imine (C=N–C) groups is 1. The standard InChI is InChI=1S/C21H22F3NO4/c1-12-17(20(27)29-11-10-28-2)18(19-15(25-12)4-3-5-16(19)26)13-6-8-14(9-7-13)21(22,23)24/h6-9,17-18H,3-5,10-11H2,1-2H3/t17?,18-/m1/s1. The Bertz CT molecular complexity index is 856. The molecule has 0 N–H and O–H groups in total. The number of methoxy groups -OCH3 is 1. The fourth-order valence-electron chi connectivity index (χ4n) is 3.87. The molecule has 5 nitrogen and oxygen atoms in total. The molecule has 3 rings (SSSR count). The Kier molecular flexibility index (Phi) is 6.21. The number of alkyl halides is 3. The number of nitrogens with zero attached hydrogens (tertiary/aromatic N) is 1. The van der Waals surface area contributed by atoms with Crippen molar-refractivity contribution >= 4 is 17.5 Å². The van der Waals surface area contributed by atoms with Gasteiger partial charge in [-0.3, -0.25) is 14.6 Å². The van der Waals surface area contributed by atoms with E-state index in [9.17, 15) is 22.8 Å². The van der Waals surface area contributed by atoms with Crippen LogP contribution in [0.1, 0.15) is 43.2 Å². The third-order valence-electron chi connectivity index (χ3n) is 5.22. The van der Waals surface area contributed by atoms with Gasteiger partial charge in [-0.15, -0.1) is 0 Å². The largest absolute Gasteiger partial charge is 0.463 e. The van der Waals surface area contributed by atoms with E-state index >= 15 is 0 Å². The van der Waals surface area contributed by atoms with Crippen molar-refractivity contribution in [3.63, 3.8) is 0 Å². The van der Waals surface area contributed by atoms with E-state index in [-0.39, 0.29) is 19.0 Å². The van der Waals surface area contributed by atoms with Crippen molar-refractivity contribution in [1.29, 1.82) is 0 Å². The molecule has 0 amide bonds. The van der Waals surface area contributed by atoms with E-state index in [0.717, 1.165) is 12.1 Å². The van der Waals surface area contributed by atoms with Gasteiger partial charge >= 0.3 is 12.1 Å². The zero-order chi connectivity index (χ0) is 21.2. The molecule has 0 bridgehead atoms. The molecule has 1 aliphatic carbocycles. The molecule has 0 spiro atoms. The minimum absolute atomic E-state index is 0.0404. The molecule has 156 valence electrons. The topological polar surface area (TPSA) is 65.0 Å². The molecular formula is C21H22F3NO4. The number of halogens is 3. The van der Waals surface area contributed by atoms with Gasteiger partial charge in [0.2, 0.25) is 0 Å². The maximum absolute atomic E-state index is 13.0. The van der Waals surface area contributed by atoms with E-state index < -0.39 is 29.5 Å². The fourth-order valence-corrected chi connectivity index (χ4v) is 3.87. The Labute approximate surface area is 166 Å². The van der Waals surface area contributed by atoms with Crippen molar-refractivity contribution in [1.82, 2.24) is 0 Å². The van der Waals surface area contributed by atoms with Gasteiger partial charge in [-0.25, -0.2) is 0 Å². The zero-order valence-corrected chi connectivity index (χ0v) is 16.2. The van der Waals surface area contributed by atoms with E-state index in [2.05, 4.69) is 4.99 Å². The molecule has 0 fully saturated rings. The second kappa shape index (κ2) is 8.49. The van der Waals surface area contributed by atoms with Crippen LogP contribution in [0.25, 0.3) is 0 Å². The van der Waals surface area contributed by atoms with Gasteiger partial charge in [0.1, 0.15) is 12.5 Å². The molecule has 2 aliphatic rings. The molecule has 0 saturated heterocycles. The highest BCUT2D eigenvalue weighted by atomic mass is 19.4. The summed E-state index contributed by atoms with van der Waals surface area (Å²) in [7, 11) is 1.48. The zero-order valence-electron chi connectivity index (χ0n) is 16.2. The lowest BCUT2D eigenvalue weighted by molar-refractivity contribution is -0.148. The highest BCUT2D eigenvalue weighted by molar-refractivity contribution is 6.08. The van der Waals surface area contributed by atoms with Crippen LogP contribution in [-0.2, 0) is 25.2 Å². The lowest BCUT2D eigenvalue weighted by atomic mass is 9.71. The minimum Gasteiger partial charge on any atom is -0.463 e. The summed E-state index contributed by atoms with van der Waals surface area (Å²) in [5, 5.41) is 0. The number of carbonyl (C=O) groups is 2. The SMILES string of the molecule is COCCOC(=O)C1C(C)=NC2=C(C(=O)CCC2)[C@@H]1c1ccc(C(F)(F)F)cc1. The first-order chi connectivity index (χ1) is 13.7. The number of ether oxygens (including phenoxy) is 2. The third-order valence-corrected chi connectivity index (χ3v) is 5.22. The molecule has 1 aromatic rings. The molecule has 2 atom stereocenters. The smallest absolute Gasteiger partial charge is 0.416 e. The normalized spacial score (nSPS) is 22.2. The summed E-state index contributed by atoms with van der Waals surface area (Å²) >= 11 is 0. The Balaban J connectivity index is 2.03. The average molecular weight is 409 g/mol. The van der Waals surface area contributed by atoms with Crippen molar-refractivity contribution in [3.8, 4) is 0 Å². The van der Waals surface area contributed by atoms with Crippen LogP contribution in [0.2, 0.25) is 0 Å². The fraction of sp³-hybridized carbons (Fsp3) is 0.476. The van der Waals surface area contributed by atoms with E-state index in [4.69, 9.17) is 9.47 Å². The van der Waals surface area contributed by atoms with Crippen LogP contribution in [-0.4, -0.2) is 37.8 Å². The average Bonchev–Trinajstić information content (AvgIpc) is 2.66. The van der Waals surface area contributed by atoms with Crippen LogP contribution < -0.4 is 0 Å². The summed E-state index contributed by atoms with van der Waals surface area (Å²) in [4.78, 5) is 30.0. The van der Waals surface area contributed by atoms with Gasteiger partial charge < -0.3 is 9.47 Å². The summed E-state index contributed by atoms with van der Waals surface area (Å²) in [5.41, 5.74) is 1.19. The molecule has 0 radical (unpaired) electrons. The van der Waals surface area contributed by atoms with Gasteiger partial charge in [-0.05, 0) is 37.5 Å². The van der Waals surface area contributed by atoms with Crippen molar-refractivity contribution in [2.75, 3.05) is 20.3 Å². The molecule has 0 aromatic heterocycles. The molecule has 29 heavy (non-hydrogen) atoms. The van der Waals surface area contributed by atoms with Gasteiger partial charge in [0.25, 0.3) is 0 Å². The number of rotatable bonds is 5. The first-order valence-electron chi connectivity index (χ1n) is 9.38. The van der Waals surface area contributed by atoms with Crippen LogP contribution in [0.5, 0.6) is 0 Å². The van der Waals surface area contributed by atoms with Crippen LogP contribution >= 0.6 is 0 Å². The molecule has 1 heterocycles. The first kappa shape index (κ1) is 21.2. The number of benzene rings is 1. The third kappa shape index (κ3) is 4.42. The van der Waals surface area contributed by atoms with E-state index in [1.165, 1.54) is 19.2 Å². The predicted molar refractivity (Wildman–Crippen MR) is 99.5 cm³/mol. The van der Waals surface area contributed by atoms with Crippen LogP contribution in [0.3, 0.4) is 0 Å². The minimum atomic E-state index is -4.47. The Morgan fingerprint density at radius 1 is 1.17 bits per heavy atom. The maximum Gasteiger partial charge on any atom is 0.416 e. The van der Waals surface area contributed by atoms with Crippen molar-refractivity contribution in [2.45, 2.75) is 38.3 Å². The van der Waals surface area contributed by atoms with Crippen LogP contribution in [0.15, 0.2) is 40.5 Å². The van der Waals surface area contributed by atoms with Gasteiger partial charge in [-0.2, -0.15) is 13.2 Å². The summed E-state index contributed by atoms with van der Waals surface area (Å²) in [6.07, 6.45) is -2.87. The lowest BCUT2D eigenvalue weighted by Crippen LogP contribution is -2.37. The number of esters is 1. The number of ketones is 1. The van der Waals surface area contributed by atoms with Gasteiger partial charge in [0.15, 0.2) is 5.78 Å². The number of carbonyl (C=O) groups excluding carboxylic acids is 2. The molecule has 1 unspecified atom stereocenters. The van der Waals surface area contributed by atoms with Gasteiger partial charge in [0, 0.05) is 36.4 Å². The summed E-state index contributed by atoms with van der Waals surface area (Å²) < 4.78 is 49.1. The lowest BCUT2D eigenvalue weighted by Gasteiger charge is -2.34. The number of hydrogen-bond donors (Lipinski definition) is 0. The highest BCUT2D eigenvalue weighted by Gasteiger charge is 2.43. The van der Waals surface area contributed by atoms with Gasteiger partial charge in [-0.1, -0.05) is 12.1 Å². The first-order valence-corrected chi connectivity index (χ1v) is 9.38. The van der Waals surface area contributed by atoms with Crippen LogP contribution in [0.4, 0.5) is 13.2 Å². The van der Waals surface area contributed by atoms with Gasteiger partial charge in [0.05, 0.1) is 12.2 Å². The second-order valence-corrected chi connectivity index (χ2v) is 7.13.